The third-order valence-electron chi connectivity index (χ3n) is 6.76. The van der Waals surface area contributed by atoms with Gasteiger partial charge in [-0.3, -0.25) is 24.5 Å². The number of nitro groups is 1. The molecule has 1 amide bonds. The van der Waals surface area contributed by atoms with Crippen molar-refractivity contribution in [3.8, 4) is 5.75 Å². The molecule has 154 valence electrons. The molecule has 3 aliphatic carbocycles. The van der Waals surface area contributed by atoms with Crippen molar-refractivity contribution < 1.29 is 34.3 Å². The Kier molecular flexibility index (Phi) is 3.22. The molecule has 1 aromatic rings. The molecule has 3 atom stereocenters. The third-order valence-corrected chi connectivity index (χ3v) is 6.76. The van der Waals surface area contributed by atoms with Crippen molar-refractivity contribution in [1.29, 1.82) is 0 Å². The number of aliphatic hydroxyl groups excluding tert-OH is 1. The highest BCUT2D eigenvalue weighted by Gasteiger charge is 2.76. The highest BCUT2D eigenvalue weighted by Crippen LogP contribution is 2.69. The molecule has 4 N–H and O–H groups in total. The van der Waals surface area contributed by atoms with Gasteiger partial charge in [0.2, 0.25) is 11.4 Å². The van der Waals surface area contributed by atoms with Gasteiger partial charge in [-0.25, -0.2) is 0 Å². The lowest BCUT2D eigenvalue weighted by molar-refractivity contribution is -0.385. The standard InChI is InChI=1S/C20H16N2O8/c1-19-5-8-4-7-2-3-9(22(28)29)14(24)11(7)15(25)12(8)17-20(19,30-17)16(26)13(18(21)27)10(23)6-19/h2-3,8,24,26H,4-6H2,1H3,(H2,21,27)/t8?,19-,20+/m0/s1. The summed E-state index contributed by atoms with van der Waals surface area (Å²) in [6.45, 7) is 1.75. The van der Waals surface area contributed by atoms with Crippen molar-refractivity contribution in [3.05, 3.63) is 56.0 Å². The number of hydrogen-bond donors (Lipinski definition) is 3. The van der Waals surface area contributed by atoms with E-state index in [2.05, 4.69) is 0 Å². The van der Waals surface area contributed by atoms with E-state index in [0.717, 1.165) is 6.07 Å². The monoisotopic (exact) mass is 412 g/mol. The van der Waals surface area contributed by atoms with Crippen LogP contribution in [-0.2, 0) is 20.7 Å². The second-order valence-corrected chi connectivity index (χ2v) is 8.43. The molecule has 1 saturated heterocycles. The first-order chi connectivity index (χ1) is 14.0. The van der Waals surface area contributed by atoms with Gasteiger partial charge in [0.1, 0.15) is 5.57 Å². The van der Waals surface area contributed by atoms with E-state index in [1.807, 2.05) is 0 Å². The maximum absolute atomic E-state index is 13.3. The number of epoxide rings is 1. The zero-order valence-corrected chi connectivity index (χ0v) is 15.7. The minimum Gasteiger partial charge on any atom is -0.507 e. The molecule has 4 aliphatic rings. The van der Waals surface area contributed by atoms with Crippen LogP contribution in [0.1, 0.15) is 35.7 Å². The zero-order chi connectivity index (χ0) is 21.7. The number of phenolic OH excluding ortho intramolecular Hbond substituents is 1. The van der Waals surface area contributed by atoms with Crippen molar-refractivity contribution >= 4 is 23.2 Å². The molecular weight excluding hydrogens is 396 g/mol. The first-order valence-corrected chi connectivity index (χ1v) is 9.28. The summed E-state index contributed by atoms with van der Waals surface area (Å²) >= 11 is 0. The average Bonchev–Trinajstić information content (AvgIpc) is 3.37. The number of carbonyl (C=O) groups excluding carboxylic acids is 3. The quantitative estimate of drug-likeness (QED) is 0.282. The van der Waals surface area contributed by atoms with Crippen LogP contribution in [0.25, 0.3) is 0 Å². The number of carbonyl (C=O) groups is 3. The summed E-state index contributed by atoms with van der Waals surface area (Å²) in [7, 11) is 0. The van der Waals surface area contributed by atoms with E-state index in [1.54, 1.807) is 6.92 Å². The second kappa shape index (κ2) is 5.26. The number of primary amides is 1. The molecule has 10 nitrogen and oxygen atoms in total. The Morgan fingerprint density at radius 3 is 2.67 bits per heavy atom. The van der Waals surface area contributed by atoms with Crippen molar-refractivity contribution in [2.75, 3.05) is 0 Å². The number of benzene rings is 1. The zero-order valence-electron chi connectivity index (χ0n) is 15.7. The lowest BCUT2D eigenvalue weighted by atomic mass is 9.56. The van der Waals surface area contributed by atoms with E-state index in [0.29, 0.717) is 18.4 Å². The topological polar surface area (TPSA) is 173 Å². The fourth-order valence-electron chi connectivity index (χ4n) is 5.44. The van der Waals surface area contributed by atoms with Gasteiger partial charge in [0, 0.05) is 23.5 Å². The summed E-state index contributed by atoms with van der Waals surface area (Å²) in [5.74, 6) is -3.83. The van der Waals surface area contributed by atoms with Crippen LogP contribution in [0.3, 0.4) is 0 Å². The Morgan fingerprint density at radius 2 is 2.03 bits per heavy atom. The summed E-state index contributed by atoms with van der Waals surface area (Å²) in [4.78, 5) is 47.8. The van der Waals surface area contributed by atoms with Gasteiger partial charge in [0.15, 0.2) is 23.1 Å². The van der Waals surface area contributed by atoms with Crippen LogP contribution in [0, 0.1) is 21.4 Å². The molecule has 0 aromatic heterocycles. The first-order valence-electron chi connectivity index (χ1n) is 9.28. The molecule has 1 unspecified atom stereocenters. The molecule has 5 rings (SSSR count). The molecule has 1 spiro atoms. The molecule has 0 bridgehead atoms. The van der Waals surface area contributed by atoms with E-state index in [1.165, 1.54) is 6.07 Å². The van der Waals surface area contributed by atoms with E-state index in [9.17, 15) is 34.7 Å². The minimum absolute atomic E-state index is 0.0881. The van der Waals surface area contributed by atoms with Crippen LogP contribution < -0.4 is 5.73 Å². The van der Waals surface area contributed by atoms with Crippen LogP contribution in [0.2, 0.25) is 0 Å². The lowest BCUT2D eigenvalue weighted by Gasteiger charge is -2.43. The molecule has 0 radical (unpaired) electrons. The number of hydrogen-bond acceptors (Lipinski definition) is 8. The SMILES string of the molecule is C[C@]12CC(=O)C(C(N)=O)=C(O)[C@]13OC3=C1C(=O)c3c(ccc([N+](=O)[O-])c3O)CC1C2. The van der Waals surface area contributed by atoms with Gasteiger partial charge in [-0.1, -0.05) is 13.0 Å². The van der Waals surface area contributed by atoms with E-state index in [4.69, 9.17) is 10.5 Å². The fraction of sp³-hybridized carbons (Fsp3) is 0.350. The average molecular weight is 412 g/mol. The Labute approximate surface area is 168 Å². The molecule has 1 aliphatic heterocycles. The predicted octanol–water partition coefficient (Wildman–Crippen LogP) is 1.36. The maximum atomic E-state index is 13.3. The number of ether oxygens (including phenoxy) is 1. The maximum Gasteiger partial charge on any atom is 0.311 e. The summed E-state index contributed by atoms with van der Waals surface area (Å²) < 4.78 is 5.76. The third kappa shape index (κ3) is 1.90. The second-order valence-electron chi connectivity index (χ2n) is 8.43. The molecule has 1 heterocycles. The van der Waals surface area contributed by atoms with E-state index < -0.39 is 56.2 Å². The highest BCUT2D eigenvalue weighted by atomic mass is 16.6. The number of aromatic hydroxyl groups is 1. The normalized spacial score (nSPS) is 31.3. The highest BCUT2D eigenvalue weighted by molar-refractivity contribution is 6.21. The van der Waals surface area contributed by atoms with Crippen molar-refractivity contribution in [3.63, 3.8) is 0 Å². The number of nitrogens with two attached hydrogens (primary N) is 1. The minimum atomic E-state index is -1.50. The van der Waals surface area contributed by atoms with E-state index in [-0.39, 0.29) is 29.2 Å². The van der Waals surface area contributed by atoms with Crippen LogP contribution in [0.5, 0.6) is 5.75 Å². The van der Waals surface area contributed by atoms with Crippen molar-refractivity contribution in [1.82, 2.24) is 0 Å². The van der Waals surface area contributed by atoms with Gasteiger partial charge in [-0.2, -0.15) is 0 Å². The van der Waals surface area contributed by atoms with Crippen molar-refractivity contribution in [2.24, 2.45) is 17.1 Å². The molecule has 30 heavy (non-hydrogen) atoms. The van der Waals surface area contributed by atoms with Crippen LogP contribution in [-0.4, -0.2) is 38.2 Å². The fourth-order valence-corrected chi connectivity index (χ4v) is 5.44. The summed E-state index contributed by atoms with van der Waals surface area (Å²) in [6, 6.07) is 2.60. The van der Waals surface area contributed by atoms with Crippen molar-refractivity contribution in [2.45, 2.75) is 31.8 Å². The van der Waals surface area contributed by atoms with Gasteiger partial charge in [-0.05, 0) is 24.3 Å². The number of amides is 1. The lowest BCUT2D eigenvalue weighted by Crippen LogP contribution is -2.50. The predicted molar refractivity (Wildman–Crippen MR) is 98.3 cm³/mol. The number of phenols is 1. The molecular formula is C20H16N2O8. The van der Waals surface area contributed by atoms with E-state index >= 15 is 0 Å². The number of Topliss-reactive ketones (excluding diaryl/α,β-unsaturated/α-hetero) is 2. The molecule has 1 aromatic carbocycles. The number of aliphatic hydroxyl groups is 1. The summed E-state index contributed by atoms with van der Waals surface area (Å²) in [6.07, 6.45) is 0.521. The van der Waals surface area contributed by atoms with Gasteiger partial charge >= 0.3 is 5.69 Å². The number of fused-ring (bicyclic) bond motifs is 2. The Hall–Kier alpha value is -3.69. The van der Waals surface area contributed by atoms with Gasteiger partial charge < -0.3 is 20.7 Å². The van der Waals surface area contributed by atoms with Crippen LogP contribution >= 0.6 is 0 Å². The molecule has 0 saturated carbocycles. The number of rotatable bonds is 2. The Balaban J connectivity index is 1.73. The first kappa shape index (κ1) is 18.3. The van der Waals surface area contributed by atoms with Crippen LogP contribution in [0.15, 0.2) is 34.8 Å². The largest absolute Gasteiger partial charge is 0.507 e. The Morgan fingerprint density at radius 1 is 1.33 bits per heavy atom. The Bertz CT molecular complexity index is 1200. The number of ketones is 2. The number of nitrogens with zero attached hydrogens (tertiary/aromatic N) is 1. The smallest absolute Gasteiger partial charge is 0.311 e. The van der Waals surface area contributed by atoms with Crippen LogP contribution in [0.4, 0.5) is 5.69 Å². The van der Waals surface area contributed by atoms with Gasteiger partial charge in [0.05, 0.1) is 10.5 Å². The number of allylic oxidation sites excluding steroid dienone is 1. The number of nitro benzene ring substituents is 1. The van der Waals surface area contributed by atoms with Gasteiger partial charge in [-0.15, -0.1) is 0 Å². The summed E-state index contributed by atoms with van der Waals surface area (Å²) in [5.41, 5.74) is 2.25. The van der Waals surface area contributed by atoms with Gasteiger partial charge in [0.25, 0.3) is 5.91 Å². The summed E-state index contributed by atoms with van der Waals surface area (Å²) in [5, 5.41) is 32.3. The molecule has 10 heteroatoms. The molecule has 1 fully saturated rings.